The molecular formula is C16H15FN2O2S2. The minimum atomic E-state index is -0.410. The number of benzene rings is 2. The van der Waals surface area contributed by atoms with Crippen molar-refractivity contribution < 1.29 is 14.0 Å². The normalized spacial score (nSPS) is 10.2. The molecule has 4 nitrogen and oxygen atoms in total. The molecule has 2 amide bonds. The average molecular weight is 350 g/mol. The lowest BCUT2D eigenvalue weighted by Crippen LogP contribution is -2.42. The predicted octanol–water partition coefficient (Wildman–Crippen LogP) is 3.10. The molecule has 7 heteroatoms. The lowest BCUT2D eigenvalue weighted by molar-refractivity contribution is -0.119. The van der Waals surface area contributed by atoms with E-state index in [1.165, 1.54) is 6.07 Å². The third-order valence-electron chi connectivity index (χ3n) is 2.86. The number of carbonyl (C=O) groups excluding carboxylic acids is 2. The Morgan fingerprint density at radius 1 is 1.04 bits per heavy atom. The number of hydrogen-bond donors (Lipinski definition) is 2. The summed E-state index contributed by atoms with van der Waals surface area (Å²) in [5.41, 5.74) is 5.10. The van der Waals surface area contributed by atoms with Crippen LogP contribution in [0.3, 0.4) is 0 Å². The van der Waals surface area contributed by atoms with Gasteiger partial charge in [0.15, 0.2) is 0 Å². The number of rotatable bonds is 5. The Hall–Kier alpha value is -1.99. The second-order valence-electron chi connectivity index (χ2n) is 4.45. The summed E-state index contributed by atoms with van der Waals surface area (Å²) in [7, 11) is 0. The Balaban J connectivity index is 1.79. The highest BCUT2D eigenvalue weighted by Crippen LogP contribution is 2.20. The number of thioether (sulfide) groups is 2. The summed E-state index contributed by atoms with van der Waals surface area (Å²) >= 11 is 2.64. The van der Waals surface area contributed by atoms with Crippen molar-refractivity contribution in [2.45, 2.75) is 9.79 Å². The van der Waals surface area contributed by atoms with E-state index in [-0.39, 0.29) is 11.6 Å². The van der Waals surface area contributed by atoms with E-state index in [0.29, 0.717) is 10.5 Å². The number of halogens is 1. The Morgan fingerprint density at radius 2 is 1.74 bits per heavy atom. The Morgan fingerprint density at radius 3 is 2.39 bits per heavy atom. The van der Waals surface area contributed by atoms with Crippen LogP contribution >= 0.6 is 23.5 Å². The van der Waals surface area contributed by atoms with E-state index in [1.54, 1.807) is 42.1 Å². The molecule has 0 saturated heterocycles. The first-order valence-corrected chi connectivity index (χ1v) is 8.92. The topological polar surface area (TPSA) is 58.2 Å². The van der Waals surface area contributed by atoms with Crippen LogP contribution in [0.4, 0.5) is 4.39 Å². The largest absolute Gasteiger partial charge is 0.272 e. The van der Waals surface area contributed by atoms with Crippen molar-refractivity contribution in [1.82, 2.24) is 10.9 Å². The van der Waals surface area contributed by atoms with Gasteiger partial charge in [0.05, 0.1) is 5.75 Å². The van der Waals surface area contributed by atoms with Gasteiger partial charge in [0.2, 0.25) is 5.91 Å². The maximum Gasteiger partial charge on any atom is 0.269 e. The number of hydrazine groups is 1. The molecule has 2 aromatic carbocycles. The van der Waals surface area contributed by atoms with E-state index in [9.17, 15) is 14.0 Å². The van der Waals surface area contributed by atoms with Gasteiger partial charge in [0.1, 0.15) is 5.82 Å². The molecule has 2 rings (SSSR count). The molecule has 0 unspecified atom stereocenters. The molecule has 0 aliphatic rings. The quantitative estimate of drug-likeness (QED) is 0.643. The van der Waals surface area contributed by atoms with Crippen molar-refractivity contribution in [3.63, 3.8) is 0 Å². The summed E-state index contributed by atoms with van der Waals surface area (Å²) < 4.78 is 13.4. The molecule has 0 heterocycles. The van der Waals surface area contributed by atoms with Gasteiger partial charge in [-0.2, -0.15) is 0 Å². The SMILES string of the molecule is CSc1ccc(C(=O)NNC(=O)CSc2ccccc2F)cc1. The Kier molecular flexibility index (Phi) is 6.49. The van der Waals surface area contributed by atoms with Crippen LogP contribution in [0, 0.1) is 5.82 Å². The molecule has 0 spiro atoms. The minimum Gasteiger partial charge on any atom is -0.272 e. The van der Waals surface area contributed by atoms with Crippen molar-refractivity contribution in [3.8, 4) is 0 Å². The summed E-state index contributed by atoms with van der Waals surface area (Å²) in [4.78, 5) is 25.0. The standard InChI is InChI=1S/C16H15FN2O2S2/c1-22-12-8-6-11(7-9-12)16(21)19-18-15(20)10-23-14-5-3-2-4-13(14)17/h2-9H,10H2,1H3,(H,18,20)(H,19,21). The average Bonchev–Trinajstić information content (AvgIpc) is 2.59. The molecular weight excluding hydrogens is 335 g/mol. The minimum absolute atomic E-state index is 0.00657. The summed E-state index contributed by atoms with van der Waals surface area (Å²) in [6.07, 6.45) is 1.95. The highest BCUT2D eigenvalue weighted by Gasteiger charge is 2.09. The molecule has 0 aromatic heterocycles. The Bertz CT molecular complexity index is 693. The summed E-state index contributed by atoms with van der Waals surface area (Å²) in [6, 6.07) is 13.2. The first kappa shape index (κ1) is 17.4. The van der Waals surface area contributed by atoms with Crippen LogP contribution in [0.25, 0.3) is 0 Å². The lowest BCUT2D eigenvalue weighted by atomic mass is 10.2. The predicted molar refractivity (Wildman–Crippen MR) is 91.0 cm³/mol. The number of carbonyl (C=O) groups is 2. The fraction of sp³-hybridized carbons (Fsp3) is 0.125. The van der Waals surface area contributed by atoms with E-state index in [2.05, 4.69) is 10.9 Å². The Labute approximate surface area is 142 Å². The molecule has 0 fully saturated rings. The number of hydrogen-bond acceptors (Lipinski definition) is 4. The van der Waals surface area contributed by atoms with Crippen molar-refractivity contribution in [2.75, 3.05) is 12.0 Å². The van der Waals surface area contributed by atoms with Gasteiger partial charge in [-0.1, -0.05) is 12.1 Å². The van der Waals surface area contributed by atoms with Crippen LogP contribution in [0.1, 0.15) is 10.4 Å². The van der Waals surface area contributed by atoms with E-state index < -0.39 is 11.8 Å². The van der Waals surface area contributed by atoms with Gasteiger partial charge < -0.3 is 0 Å². The van der Waals surface area contributed by atoms with Crippen molar-refractivity contribution in [3.05, 3.63) is 59.9 Å². The smallest absolute Gasteiger partial charge is 0.269 e. The van der Waals surface area contributed by atoms with Crippen molar-refractivity contribution >= 4 is 35.3 Å². The first-order chi connectivity index (χ1) is 11.1. The van der Waals surface area contributed by atoms with Gasteiger partial charge >= 0.3 is 0 Å². The molecule has 0 aliphatic carbocycles. The van der Waals surface area contributed by atoms with E-state index >= 15 is 0 Å². The molecule has 0 bridgehead atoms. The lowest BCUT2D eigenvalue weighted by Gasteiger charge is -2.08. The van der Waals surface area contributed by atoms with Gasteiger partial charge in [-0.25, -0.2) is 4.39 Å². The second-order valence-corrected chi connectivity index (χ2v) is 6.35. The molecule has 2 N–H and O–H groups in total. The van der Waals surface area contributed by atoms with Crippen LogP contribution in [0.15, 0.2) is 58.3 Å². The molecule has 2 aromatic rings. The number of nitrogens with one attached hydrogen (secondary N) is 2. The maximum absolute atomic E-state index is 13.4. The third-order valence-corrected chi connectivity index (χ3v) is 4.66. The molecule has 23 heavy (non-hydrogen) atoms. The molecule has 0 saturated carbocycles. The van der Waals surface area contributed by atoms with E-state index in [1.807, 2.05) is 18.4 Å². The van der Waals surface area contributed by atoms with Crippen LogP contribution < -0.4 is 10.9 Å². The van der Waals surface area contributed by atoms with Crippen LogP contribution in [-0.4, -0.2) is 23.8 Å². The fourth-order valence-corrected chi connectivity index (χ4v) is 2.83. The first-order valence-electron chi connectivity index (χ1n) is 6.70. The van der Waals surface area contributed by atoms with Gasteiger partial charge in [0.25, 0.3) is 5.91 Å². The highest BCUT2D eigenvalue weighted by molar-refractivity contribution is 8.00. The van der Waals surface area contributed by atoms with E-state index in [0.717, 1.165) is 16.7 Å². The van der Waals surface area contributed by atoms with Gasteiger partial charge in [-0.3, -0.25) is 20.4 Å². The molecule has 0 radical (unpaired) electrons. The van der Waals surface area contributed by atoms with Crippen LogP contribution in [0.5, 0.6) is 0 Å². The van der Waals surface area contributed by atoms with E-state index in [4.69, 9.17) is 0 Å². The fourth-order valence-electron chi connectivity index (χ4n) is 1.68. The number of amides is 2. The van der Waals surface area contributed by atoms with Gasteiger partial charge in [-0.15, -0.1) is 23.5 Å². The van der Waals surface area contributed by atoms with Crippen molar-refractivity contribution in [1.29, 1.82) is 0 Å². The highest BCUT2D eigenvalue weighted by atomic mass is 32.2. The van der Waals surface area contributed by atoms with Crippen LogP contribution in [0.2, 0.25) is 0 Å². The van der Waals surface area contributed by atoms with Crippen molar-refractivity contribution in [2.24, 2.45) is 0 Å². The van der Waals surface area contributed by atoms with Gasteiger partial charge in [-0.05, 0) is 42.7 Å². The van der Waals surface area contributed by atoms with Gasteiger partial charge in [0, 0.05) is 15.4 Å². The van der Waals surface area contributed by atoms with Crippen LogP contribution in [-0.2, 0) is 4.79 Å². The second kappa shape index (κ2) is 8.59. The molecule has 0 atom stereocenters. The third kappa shape index (κ3) is 5.30. The zero-order valence-electron chi connectivity index (χ0n) is 12.3. The molecule has 0 aliphatic heterocycles. The summed E-state index contributed by atoms with van der Waals surface area (Å²) in [5, 5.41) is 0. The maximum atomic E-state index is 13.4. The summed E-state index contributed by atoms with van der Waals surface area (Å²) in [5.74, 6) is -1.18. The zero-order valence-corrected chi connectivity index (χ0v) is 14.0. The zero-order chi connectivity index (χ0) is 16.7. The summed E-state index contributed by atoms with van der Waals surface area (Å²) in [6.45, 7) is 0. The monoisotopic (exact) mass is 350 g/mol. The molecule has 120 valence electrons.